The van der Waals surface area contributed by atoms with Crippen molar-refractivity contribution in [3.05, 3.63) is 12.7 Å². The summed E-state index contributed by atoms with van der Waals surface area (Å²) in [7, 11) is 0. The van der Waals surface area contributed by atoms with Crippen LogP contribution in [0.2, 0.25) is 0 Å². The van der Waals surface area contributed by atoms with Crippen molar-refractivity contribution in [3.8, 4) is 0 Å². The Kier molecular flexibility index (Phi) is 1.36. The third kappa shape index (κ3) is 0.659. The fraction of sp³-hybridized carbons (Fsp3) is 0.667. The van der Waals surface area contributed by atoms with Gasteiger partial charge in [0.15, 0.2) is 0 Å². The maximum absolute atomic E-state index is 3.72. The van der Waals surface area contributed by atoms with Gasteiger partial charge < -0.3 is 0 Å². The maximum Gasteiger partial charge on any atom is 0.0839 e. The predicted molar refractivity (Wildman–Crippen MR) is 32.8 cm³/mol. The molecule has 0 aliphatic heterocycles. The molecule has 8 heavy (non-hydrogen) atoms. The molecule has 1 aliphatic carbocycles. The van der Waals surface area contributed by atoms with Gasteiger partial charge in [-0.25, -0.2) is 0 Å². The van der Waals surface area contributed by atoms with Crippen LogP contribution in [0.1, 0.15) is 19.3 Å². The van der Waals surface area contributed by atoms with Crippen LogP contribution in [0, 0.1) is 0 Å². The van der Waals surface area contributed by atoms with Gasteiger partial charge >= 0.3 is 0 Å². The van der Waals surface area contributed by atoms with E-state index in [0.717, 1.165) is 0 Å². The Balaban J connectivity index is 2.45. The fourth-order valence-electron chi connectivity index (χ4n) is 1.01. The number of quaternary nitrogens is 1. The Bertz CT molecular complexity index is 89.2. The number of hydrogen-bond acceptors (Lipinski definition) is 1. The van der Waals surface area contributed by atoms with Crippen molar-refractivity contribution in [2.24, 2.45) is 0 Å². The summed E-state index contributed by atoms with van der Waals surface area (Å²) in [6.45, 7) is 3.72. The topological polar surface area (TPSA) is 39.7 Å². The molecule has 2 heteroatoms. The van der Waals surface area contributed by atoms with Crippen molar-refractivity contribution in [2.75, 3.05) is 0 Å². The largest absolute Gasteiger partial charge is 0.280 e. The van der Waals surface area contributed by atoms with Crippen molar-refractivity contribution < 1.29 is 5.84 Å². The second-order valence-corrected chi connectivity index (χ2v) is 2.39. The van der Waals surface area contributed by atoms with Crippen LogP contribution in [0.5, 0.6) is 0 Å². The number of hydrogen-bond donors (Lipinski definition) is 2. The van der Waals surface area contributed by atoms with Gasteiger partial charge in [0.25, 0.3) is 0 Å². The van der Waals surface area contributed by atoms with Gasteiger partial charge in [0.05, 0.1) is 5.54 Å². The highest BCUT2D eigenvalue weighted by atomic mass is 15.3. The molecule has 0 aromatic carbocycles. The van der Waals surface area contributed by atoms with Crippen LogP contribution in [-0.4, -0.2) is 5.54 Å². The zero-order valence-electron chi connectivity index (χ0n) is 5.11. The molecule has 2 nitrogen and oxygen atoms in total. The third-order valence-corrected chi connectivity index (χ3v) is 1.99. The maximum atomic E-state index is 3.72. The molecule has 0 heterocycles. The average molecular weight is 113 g/mol. The van der Waals surface area contributed by atoms with Gasteiger partial charge in [-0.05, 0) is 19.3 Å². The van der Waals surface area contributed by atoms with Gasteiger partial charge in [-0.3, -0.25) is 5.84 Å². The highest BCUT2D eigenvalue weighted by Gasteiger charge is 2.33. The van der Waals surface area contributed by atoms with Crippen LogP contribution in [0.15, 0.2) is 12.7 Å². The van der Waals surface area contributed by atoms with Crippen LogP contribution in [0.3, 0.4) is 0 Å². The van der Waals surface area contributed by atoms with E-state index in [9.17, 15) is 0 Å². The Hall–Kier alpha value is -0.340. The van der Waals surface area contributed by atoms with Crippen LogP contribution in [0.4, 0.5) is 0 Å². The summed E-state index contributed by atoms with van der Waals surface area (Å²) in [5, 5.41) is 0. The zero-order chi connectivity index (χ0) is 6.04. The first-order valence-electron chi connectivity index (χ1n) is 3.01. The smallest absolute Gasteiger partial charge is 0.0839 e. The highest BCUT2D eigenvalue weighted by molar-refractivity contribution is 5.06. The Morgan fingerprint density at radius 2 is 2.25 bits per heavy atom. The van der Waals surface area contributed by atoms with Gasteiger partial charge in [-0.1, -0.05) is 6.08 Å². The minimum absolute atomic E-state index is 0.208. The molecule has 0 bridgehead atoms. The highest BCUT2D eigenvalue weighted by Crippen LogP contribution is 2.30. The van der Waals surface area contributed by atoms with Crippen molar-refractivity contribution in [3.63, 3.8) is 0 Å². The van der Waals surface area contributed by atoms with Crippen LogP contribution in [-0.2, 0) is 0 Å². The molecule has 1 aliphatic rings. The monoisotopic (exact) mass is 113 g/mol. The van der Waals surface area contributed by atoms with Crippen LogP contribution >= 0.6 is 0 Å². The average Bonchev–Trinajstić information content (AvgIpc) is 1.67. The van der Waals surface area contributed by atoms with Gasteiger partial charge in [0.2, 0.25) is 0 Å². The molecule has 4 N–H and O–H groups in total. The van der Waals surface area contributed by atoms with E-state index in [-0.39, 0.29) is 5.54 Å². The molecule has 1 saturated carbocycles. The molecule has 0 aromatic rings. The predicted octanol–water partition coefficient (Wildman–Crippen LogP) is -0.158. The minimum atomic E-state index is 0.208. The van der Waals surface area contributed by atoms with Crippen molar-refractivity contribution in [1.82, 2.24) is 5.43 Å². The van der Waals surface area contributed by atoms with Gasteiger partial charge in [-0.15, -0.1) is 6.58 Å². The minimum Gasteiger partial charge on any atom is -0.280 e. The molecular weight excluding hydrogens is 100 g/mol. The van der Waals surface area contributed by atoms with E-state index in [1.807, 2.05) is 6.08 Å². The van der Waals surface area contributed by atoms with Crippen molar-refractivity contribution >= 4 is 0 Å². The quantitative estimate of drug-likeness (QED) is 0.379. The molecule has 1 rings (SSSR count). The second-order valence-electron chi connectivity index (χ2n) is 2.39. The SMILES string of the molecule is C=CC1(N[NH3+])CCC1. The Morgan fingerprint density at radius 3 is 2.25 bits per heavy atom. The normalized spacial score (nSPS) is 24.1. The molecule has 1 fully saturated rings. The summed E-state index contributed by atoms with van der Waals surface area (Å²) < 4.78 is 0. The van der Waals surface area contributed by atoms with Gasteiger partial charge in [0, 0.05) is 0 Å². The molecule has 0 atom stereocenters. The standard InChI is InChI=1S/C6H12N2/c1-2-6(8-7)4-3-5-6/h2,8H,1,3-5,7H2/p+1. The fourth-order valence-corrected chi connectivity index (χ4v) is 1.01. The second kappa shape index (κ2) is 1.88. The molecule has 0 radical (unpaired) electrons. The Labute approximate surface area is 49.7 Å². The first-order valence-corrected chi connectivity index (χ1v) is 3.01. The lowest BCUT2D eigenvalue weighted by molar-refractivity contribution is -0.464. The van der Waals surface area contributed by atoms with E-state index in [1.165, 1.54) is 19.3 Å². The molecule has 0 spiro atoms. The molecule has 0 unspecified atom stereocenters. The van der Waals surface area contributed by atoms with Gasteiger partial charge in [0.1, 0.15) is 0 Å². The van der Waals surface area contributed by atoms with E-state index >= 15 is 0 Å². The summed E-state index contributed by atoms with van der Waals surface area (Å²) in [5.41, 5.74) is 3.20. The van der Waals surface area contributed by atoms with Crippen molar-refractivity contribution in [1.29, 1.82) is 0 Å². The first kappa shape index (κ1) is 5.79. The van der Waals surface area contributed by atoms with E-state index in [1.54, 1.807) is 0 Å². The van der Waals surface area contributed by atoms with Crippen molar-refractivity contribution in [2.45, 2.75) is 24.8 Å². The molecule has 46 valence electrons. The lowest BCUT2D eigenvalue weighted by atomic mass is 9.78. The first-order chi connectivity index (χ1) is 3.83. The molecule has 0 aromatic heterocycles. The van der Waals surface area contributed by atoms with Gasteiger partial charge in [-0.2, -0.15) is 5.43 Å². The lowest BCUT2D eigenvalue weighted by Gasteiger charge is -2.35. The molecule has 0 saturated heterocycles. The van der Waals surface area contributed by atoms with E-state index in [4.69, 9.17) is 0 Å². The summed E-state index contributed by atoms with van der Waals surface area (Å²) in [4.78, 5) is 0. The Morgan fingerprint density at radius 1 is 1.62 bits per heavy atom. The number of nitrogens with one attached hydrogen (secondary N) is 1. The summed E-state index contributed by atoms with van der Waals surface area (Å²) in [6.07, 6.45) is 5.69. The van der Waals surface area contributed by atoms with Crippen LogP contribution in [0.25, 0.3) is 0 Å². The van der Waals surface area contributed by atoms with E-state index < -0.39 is 0 Å². The van der Waals surface area contributed by atoms with E-state index in [0.29, 0.717) is 0 Å². The zero-order valence-corrected chi connectivity index (χ0v) is 5.11. The molecule has 0 amide bonds. The summed E-state index contributed by atoms with van der Waals surface area (Å²) in [6, 6.07) is 0. The number of rotatable bonds is 2. The summed E-state index contributed by atoms with van der Waals surface area (Å²) >= 11 is 0. The lowest BCUT2D eigenvalue weighted by Crippen LogP contribution is -2.75. The van der Waals surface area contributed by atoms with Crippen LogP contribution < -0.4 is 11.3 Å². The summed E-state index contributed by atoms with van der Waals surface area (Å²) in [5.74, 6) is 3.63. The van der Waals surface area contributed by atoms with E-state index in [2.05, 4.69) is 17.8 Å². The third-order valence-electron chi connectivity index (χ3n) is 1.99. The molecular formula is C6H13N2+.